The van der Waals surface area contributed by atoms with Gasteiger partial charge in [-0.05, 0) is 37.0 Å². The quantitative estimate of drug-likeness (QED) is 0.861. The van der Waals surface area contributed by atoms with Crippen molar-refractivity contribution in [1.82, 2.24) is 5.32 Å². The molecule has 0 radical (unpaired) electrons. The molecule has 3 atom stereocenters. The van der Waals surface area contributed by atoms with E-state index in [0.717, 1.165) is 6.42 Å². The Morgan fingerprint density at radius 3 is 2.76 bits per heavy atom. The maximum Gasteiger partial charge on any atom is 0.261 e. The number of carbonyl (C=O) groups is 1. The summed E-state index contributed by atoms with van der Waals surface area (Å²) in [5.74, 6) is 0.607. The maximum absolute atomic E-state index is 12.4. The van der Waals surface area contributed by atoms with E-state index in [1.54, 1.807) is 6.07 Å². The van der Waals surface area contributed by atoms with E-state index in [0.29, 0.717) is 30.3 Å². The Hall–Kier alpha value is -1.27. The summed E-state index contributed by atoms with van der Waals surface area (Å²) in [5.41, 5.74) is 0.591. The molecule has 1 fully saturated rings. The van der Waals surface area contributed by atoms with Gasteiger partial charge in [0.05, 0.1) is 17.4 Å². The first-order chi connectivity index (χ1) is 9.86. The van der Waals surface area contributed by atoms with Crippen LogP contribution in [0.15, 0.2) is 23.1 Å². The van der Waals surface area contributed by atoms with Crippen molar-refractivity contribution in [3.63, 3.8) is 0 Å². The summed E-state index contributed by atoms with van der Waals surface area (Å²) < 4.78 is 28.4. The average Bonchev–Trinajstić information content (AvgIpc) is 3.11. The van der Waals surface area contributed by atoms with Crippen molar-refractivity contribution in [2.24, 2.45) is 5.92 Å². The standard InChI is InChI=1S/C14H16ClNO4S/c1-8-6-12(8)16-14(17)10-4-5-20-13-3-2-9(7-11(10)13)21(15,18)19/h2-3,7-8,10,12H,4-6H2,1H3,(H,16,17). The summed E-state index contributed by atoms with van der Waals surface area (Å²) in [7, 11) is 1.55. The number of ether oxygens (including phenoxy) is 1. The molecule has 1 saturated carbocycles. The highest BCUT2D eigenvalue weighted by Crippen LogP contribution is 2.37. The summed E-state index contributed by atoms with van der Waals surface area (Å²) in [5, 5.41) is 3.00. The number of fused-ring (bicyclic) bond motifs is 1. The van der Waals surface area contributed by atoms with E-state index in [1.807, 2.05) is 0 Å². The third-order valence-electron chi connectivity index (χ3n) is 4.06. The van der Waals surface area contributed by atoms with E-state index < -0.39 is 9.05 Å². The van der Waals surface area contributed by atoms with Gasteiger partial charge in [0.2, 0.25) is 5.91 Å². The minimum Gasteiger partial charge on any atom is -0.493 e. The van der Waals surface area contributed by atoms with Crippen LogP contribution in [-0.4, -0.2) is 27.0 Å². The van der Waals surface area contributed by atoms with Gasteiger partial charge >= 0.3 is 0 Å². The van der Waals surface area contributed by atoms with Crippen molar-refractivity contribution in [2.45, 2.75) is 36.6 Å². The van der Waals surface area contributed by atoms with Crippen molar-refractivity contribution >= 4 is 25.6 Å². The molecule has 1 heterocycles. The molecule has 1 aliphatic heterocycles. The number of amides is 1. The molecule has 1 aromatic carbocycles. The topological polar surface area (TPSA) is 72.5 Å². The second-order valence-electron chi connectivity index (χ2n) is 5.66. The molecule has 3 unspecified atom stereocenters. The van der Waals surface area contributed by atoms with Crippen LogP contribution in [0.25, 0.3) is 0 Å². The Bertz CT molecular complexity index is 688. The van der Waals surface area contributed by atoms with Crippen LogP contribution >= 0.6 is 10.7 Å². The van der Waals surface area contributed by atoms with Gasteiger partial charge in [0.25, 0.3) is 9.05 Å². The molecule has 0 spiro atoms. The SMILES string of the molecule is CC1CC1NC(=O)C1CCOc2ccc(S(=O)(=O)Cl)cc21. The fourth-order valence-electron chi connectivity index (χ4n) is 2.60. The van der Waals surface area contributed by atoms with Gasteiger partial charge in [0, 0.05) is 22.3 Å². The van der Waals surface area contributed by atoms with Gasteiger partial charge in [-0.15, -0.1) is 0 Å². The lowest BCUT2D eigenvalue weighted by atomic mass is 9.92. The van der Waals surface area contributed by atoms with Crippen LogP contribution in [0.4, 0.5) is 0 Å². The van der Waals surface area contributed by atoms with Gasteiger partial charge < -0.3 is 10.1 Å². The van der Waals surface area contributed by atoms with Crippen LogP contribution in [-0.2, 0) is 13.8 Å². The number of carbonyl (C=O) groups excluding carboxylic acids is 1. The molecule has 1 N–H and O–H groups in total. The van der Waals surface area contributed by atoms with Crippen molar-refractivity contribution in [1.29, 1.82) is 0 Å². The molecule has 0 aromatic heterocycles. The highest BCUT2D eigenvalue weighted by molar-refractivity contribution is 8.13. The largest absolute Gasteiger partial charge is 0.493 e. The predicted octanol–water partition coefficient (Wildman–Crippen LogP) is 2.00. The number of hydrogen-bond donors (Lipinski definition) is 1. The molecule has 1 amide bonds. The Balaban J connectivity index is 1.90. The van der Waals surface area contributed by atoms with E-state index >= 15 is 0 Å². The van der Waals surface area contributed by atoms with Gasteiger partial charge in [-0.1, -0.05) is 6.92 Å². The lowest BCUT2D eigenvalue weighted by molar-refractivity contribution is -0.123. The van der Waals surface area contributed by atoms with Crippen LogP contribution in [0.2, 0.25) is 0 Å². The zero-order valence-corrected chi connectivity index (χ0v) is 13.1. The van der Waals surface area contributed by atoms with E-state index in [4.69, 9.17) is 15.4 Å². The fourth-order valence-corrected chi connectivity index (χ4v) is 3.39. The fraction of sp³-hybridized carbons (Fsp3) is 0.500. The van der Waals surface area contributed by atoms with Crippen LogP contribution in [0, 0.1) is 5.92 Å². The second-order valence-corrected chi connectivity index (χ2v) is 8.22. The summed E-state index contributed by atoms with van der Waals surface area (Å²) in [6.07, 6.45) is 1.53. The lowest BCUT2D eigenvalue weighted by Gasteiger charge is -2.25. The molecule has 7 heteroatoms. The van der Waals surface area contributed by atoms with Gasteiger partial charge in [0.1, 0.15) is 5.75 Å². The molecule has 21 heavy (non-hydrogen) atoms. The van der Waals surface area contributed by atoms with Gasteiger partial charge in [-0.25, -0.2) is 8.42 Å². The van der Waals surface area contributed by atoms with Gasteiger partial charge in [-0.3, -0.25) is 4.79 Å². The van der Waals surface area contributed by atoms with E-state index in [1.165, 1.54) is 12.1 Å². The first-order valence-corrected chi connectivity index (χ1v) is 9.19. The lowest BCUT2D eigenvalue weighted by Crippen LogP contribution is -2.34. The third kappa shape index (κ3) is 3.01. The molecular formula is C14H16ClNO4S. The molecule has 0 bridgehead atoms. The zero-order valence-electron chi connectivity index (χ0n) is 11.5. The van der Waals surface area contributed by atoms with Crippen molar-refractivity contribution in [3.05, 3.63) is 23.8 Å². The summed E-state index contributed by atoms with van der Waals surface area (Å²) in [4.78, 5) is 12.4. The number of rotatable bonds is 3. The molecule has 3 rings (SSSR count). The number of benzene rings is 1. The first-order valence-electron chi connectivity index (χ1n) is 6.88. The Morgan fingerprint density at radius 2 is 2.14 bits per heavy atom. The molecule has 2 aliphatic rings. The Kier molecular flexibility index (Phi) is 3.61. The van der Waals surface area contributed by atoms with Crippen LogP contribution in [0.3, 0.4) is 0 Å². The van der Waals surface area contributed by atoms with Crippen LogP contribution in [0.1, 0.15) is 31.2 Å². The number of nitrogens with one attached hydrogen (secondary N) is 1. The monoisotopic (exact) mass is 329 g/mol. The van der Waals surface area contributed by atoms with E-state index in [-0.39, 0.29) is 22.8 Å². The Morgan fingerprint density at radius 1 is 1.43 bits per heavy atom. The minimum absolute atomic E-state index is 0.00833. The van der Waals surface area contributed by atoms with Crippen LogP contribution < -0.4 is 10.1 Å². The molecule has 114 valence electrons. The molecule has 0 saturated heterocycles. The number of halogens is 1. The zero-order chi connectivity index (χ0) is 15.2. The molecular weight excluding hydrogens is 314 g/mol. The van der Waals surface area contributed by atoms with Crippen molar-refractivity contribution < 1.29 is 17.9 Å². The molecule has 1 aliphatic carbocycles. The third-order valence-corrected chi connectivity index (χ3v) is 5.41. The number of hydrogen-bond acceptors (Lipinski definition) is 4. The van der Waals surface area contributed by atoms with Crippen molar-refractivity contribution in [3.8, 4) is 5.75 Å². The minimum atomic E-state index is -3.82. The predicted molar refractivity (Wildman–Crippen MR) is 78.0 cm³/mol. The maximum atomic E-state index is 12.4. The normalized spacial score (nSPS) is 27.4. The first kappa shape index (κ1) is 14.7. The van der Waals surface area contributed by atoms with Crippen molar-refractivity contribution in [2.75, 3.05) is 6.61 Å². The highest BCUT2D eigenvalue weighted by Gasteiger charge is 2.37. The summed E-state index contributed by atoms with van der Waals surface area (Å²) in [6, 6.07) is 4.63. The summed E-state index contributed by atoms with van der Waals surface area (Å²) in [6.45, 7) is 2.53. The second kappa shape index (κ2) is 5.18. The van der Waals surface area contributed by atoms with Gasteiger partial charge in [0.15, 0.2) is 0 Å². The summed E-state index contributed by atoms with van der Waals surface area (Å²) >= 11 is 0. The Labute approximate surface area is 128 Å². The van der Waals surface area contributed by atoms with Gasteiger partial charge in [-0.2, -0.15) is 0 Å². The highest BCUT2D eigenvalue weighted by atomic mass is 35.7. The van der Waals surface area contributed by atoms with E-state index in [2.05, 4.69) is 12.2 Å². The molecule has 5 nitrogen and oxygen atoms in total. The van der Waals surface area contributed by atoms with Crippen LogP contribution in [0.5, 0.6) is 5.75 Å². The smallest absolute Gasteiger partial charge is 0.261 e. The molecule has 1 aromatic rings. The average molecular weight is 330 g/mol. The van der Waals surface area contributed by atoms with E-state index in [9.17, 15) is 13.2 Å².